The van der Waals surface area contributed by atoms with Crippen LogP contribution < -0.4 is 20.3 Å². The highest BCUT2D eigenvalue weighted by atomic mass is 19.4. The number of carbonyl (C=O) groups excluding carboxylic acids is 2. The third-order valence-electron chi connectivity index (χ3n) is 8.94. The van der Waals surface area contributed by atoms with E-state index in [4.69, 9.17) is 4.74 Å². The highest BCUT2D eigenvalue weighted by molar-refractivity contribution is 5.94. The molecule has 4 atom stereocenters. The van der Waals surface area contributed by atoms with Crippen LogP contribution in [0.2, 0.25) is 0 Å². The number of hydrogen-bond donors (Lipinski definition) is 2. The zero-order valence-electron chi connectivity index (χ0n) is 21.6. The molecule has 1 aliphatic carbocycles. The maximum Gasteiger partial charge on any atom is 0.416 e. The molecule has 0 bridgehead atoms. The number of rotatable bonds is 4. The number of hydrogen-bond acceptors (Lipinski definition) is 7. The van der Waals surface area contributed by atoms with Crippen LogP contribution in [0.25, 0.3) is 0 Å². The van der Waals surface area contributed by atoms with Gasteiger partial charge < -0.3 is 25.2 Å². The molecule has 2 aromatic rings. The van der Waals surface area contributed by atoms with Gasteiger partial charge in [-0.1, -0.05) is 6.92 Å². The first-order valence-electron chi connectivity index (χ1n) is 13.3. The molecule has 1 saturated carbocycles. The fourth-order valence-corrected chi connectivity index (χ4v) is 6.78. The van der Waals surface area contributed by atoms with Gasteiger partial charge in [-0.25, -0.2) is 9.97 Å². The predicted octanol–water partition coefficient (Wildman–Crippen LogP) is 3.21. The van der Waals surface area contributed by atoms with Gasteiger partial charge in [0.25, 0.3) is 5.91 Å². The second-order valence-corrected chi connectivity index (χ2v) is 11.2. The van der Waals surface area contributed by atoms with Crippen molar-refractivity contribution < 1.29 is 27.5 Å². The highest BCUT2D eigenvalue weighted by Gasteiger charge is 2.54. The number of nitrogens with zero attached hydrogens (tertiary/aromatic N) is 4. The third kappa shape index (κ3) is 4.90. The summed E-state index contributed by atoms with van der Waals surface area (Å²) < 4.78 is 45.2. The summed E-state index contributed by atoms with van der Waals surface area (Å²) in [7, 11) is 0. The number of nitrogens with one attached hydrogen (secondary N) is 2. The number of fused-ring (bicyclic) bond motifs is 2. The summed E-state index contributed by atoms with van der Waals surface area (Å²) in [5.41, 5.74) is 0.622. The Morgan fingerprint density at radius 3 is 2.90 bits per heavy atom. The number of halogens is 3. The molecule has 5 heterocycles. The summed E-state index contributed by atoms with van der Waals surface area (Å²) in [6.45, 7) is 4.13. The maximum absolute atomic E-state index is 13.3. The summed E-state index contributed by atoms with van der Waals surface area (Å²) in [6, 6.07) is 4.09. The van der Waals surface area contributed by atoms with Crippen LogP contribution in [0.15, 0.2) is 30.6 Å². The van der Waals surface area contributed by atoms with Crippen molar-refractivity contribution in [1.29, 1.82) is 0 Å². The van der Waals surface area contributed by atoms with Gasteiger partial charge in [0, 0.05) is 51.0 Å². The number of alkyl halides is 3. The largest absolute Gasteiger partial charge is 0.466 e. The second-order valence-electron chi connectivity index (χ2n) is 11.2. The van der Waals surface area contributed by atoms with Crippen LogP contribution in [0.3, 0.4) is 0 Å². The highest BCUT2D eigenvalue weighted by Crippen LogP contribution is 2.52. The van der Waals surface area contributed by atoms with E-state index in [0.717, 1.165) is 37.0 Å². The molecule has 12 heteroatoms. The van der Waals surface area contributed by atoms with E-state index in [0.29, 0.717) is 50.0 Å². The molecule has 208 valence electrons. The van der Waals surface area contributed by atoms with Gasteiger partial charge in [0.05, 0.1) is 11.6 Å². The third-order valence-corrected chi connectivity index (χ3v) is 8.94. The molecule has 4 aliphatic rings. The maximum atomic E-state index is 13.3. The van der Waals surface area contributed by atoms with Crippen molar-refractivity contribution in [3.8, 4) is 5.88 Å². The van der Waals surface area contributed by atoms with Crippen molar-refractivity contribution in [3.63, 3.8) is 0 Å². The molecule has 2 aromatic heterocycles. The topological polar surface area (TPSA) is 99.7 Å². The number of piperazine rings is 1. The fraction of sp³-hybridized carbons (Fsp3) is 0.556. The molecule has 1 spiro atoms. The van der Waals surface area contributed by atoms with Gasteiger partial charge >= 0.3 is 6.18 Å². The van der Waals surface area contributed by atoms with Gasteiger partial charge in [-0.05, 0) is 54.4 Å². The minimum atomic E-state index is -4.43. The van der Waals surface area contributed by atoms with E-state index in [1.54, 1.807) is 6.20 Å². The predicted molar refractivity (Wildman–Crippen MR) is 136 cm³/mol. The Hall–Kier alpha value is -3.41. The number of anilines is 2. The molecule has 0 radical (unpaired) electrons. The molecule has 6 rings (SSSR count). The Balaban J connectivity index is 1.12. The van der Waals surface area contributed by atoms with Gasteiger partial charge in [0.1, 0.15) is 11.5 Å². The minimum Gasteiger partial charge on any atom is -0.466 e. The lowest BCUT2D eigenvalue weighted by Crippen LogP contribution is -2.64. The molecular formula is C27H31F3N6O3. The minimum absolute atomic E-state index is 0.0364. The quantitative estimate of drug-likeness (QED) is 0.610. The van der Waals surface area contributed by atoms with E-state index < -0.39 is 11.7 Å². The molecule has 2 amide bonds. The lowest BCUT2D eigenvalue weighted by Gasteiger charge is -2.54. The first kappa shape index (κ1) is 25.8. The molecule has 2 N–H and O–H groups in total. The summed E-state index contributed by atoms with van der Waals surface area (Å²) in [6.07, 6.45) is 1.70. The molecule has 2 saturated heterocycles. The van der Waals surface area contributed by atoms with Crippen LogP contribution >= 0.6 is 0 Å². The first-order chi connectivity index (χ1) is 18.6. The molecule has 39 heavy (non-hydrogen) atoms. The first-order valence-corrected chi connectivity index (χ1v) is 13.3. The lowest BCUT2D eigenvalue weighted by molar-refractivity contribution is -0.148. The second kappa shape index (κ2) is 9.65. The van der Waals surface area contributed by atoms with E-state index in [1.165, 1.54) is 6.20 Å². The zero-order valence-corrected chi connectivity index (χ0v) is 21.6. The monoisotopic (exact) mass is 544 g/mol. The lowest BCUT2D eigenvalue weighted by atomic mass is 9.65. The number of aromatic nitrogens is 2. The van der Waals surface area contributed by atoms with Crippen molar-refractivity contribution in [3.05, 3.63) is 41.7 Å². The Labute approximate surface area is 224 Å². The Kier molecular flexibility index (Phi) is 6.40. The number of ether oxygens (including phenoxy) is 1. The molecule has 2 unspecified atom stereocenters. The Bertz CT molecular complexity index is 1290. The number of pyridine rings is 2. The molecule has 0 aromatic carbocycles. The van der Waals surface area contributed by atoms with Crippen molar-refractivity contribution >= 4 is 23.3 Å². The fourth-order valence-electron chi connectivity index (χ4n) is 6.78. The zero-order chi connectivity index (χ0) is 27.4. The molecule has 9 nitrogen and oxygen atoms in total. The van der Waals surface area contributed by atoms with Crippen LogP contribution in [0.4, 0.5) is 24.7 Å². The summed E-state index contributed by atoms with van der Waals surface area (Å²) in [4.78, 5) is 37.2. The van der Waals surface area contributed by atoms with Gasteiger partial charge in [0.2, 0.25) is 11.8 Å². The van der Waals surface area contributed by atoms with Gasteiger partial charge in [-0.3, -0.25) is 9.59 Å². The van der Waals surface area contributed by atoms with E-state index in [2.05, 4.69) is 27.5 Å². The van der Waals surface area contributed by atoms with Crippen LogP contribution in [0, 0.1) is 11.3 Å². The van der Waals surface area contributed by atoms with Crippen molar-refractivity contribution in [2.75, 3.05) is 36.5 Å². The SMILES string of the molecule is CC1C2CN(c3cc(C(F)(F)F)ccn3)CCN2C(=O)C[C@]12CC[C@@H](NCc1cnc3c(c1)NC(=O)CO3)C2. The van der Waals surface area contributed by atoms with Crippen LogP contribution in [-0.4, -0.2) is 65.0 Å². The molecular weight excluding hydrogens is 513 g/mol. The molecule has 3 fully saturated rings. The summed E-state index contributed by atoms with van der Waals surface area (Å²) in [5, 5.41) is 6.38. The number of piperidine rings is 1. The van der Waals surface area contributed by atoms with E-state index in [-0.39, 0.29) is 41.8 Å². The molecule has 3 aliphatic heterocycles. The average molecular weight is 545 g/mol. The van der Waals surface area contributed by atoms with E-state index >= 15 is 0 Å². The van der Waals surface area contributed by atoms with Crippen molar-refractivity contribution in [2.24, 2.45) is 11.3 Å². The van der Waals surface area contributed by atoms with Gasteiger partial charge in [-0.2, -0.15) is 13.2 Å². The smallest absolute Gasteiger partial charge is 0.416 e. The Morgan fingerprint density at radius 2 is 2.08 bits per heavy atom. The summed E-state index contributed by atoms with van der Waals surface area (Å²) >= 11 is 0. The van der Waals surface area contributed by atoms with Crippen LogP contribution in [0.5, 0.6) is 5.88 Å². The standard InChI is InChI=1S/C27H31F3N6O3/c1-16-21-14-35(22-9-18(3-5-31-22)27(28,29)30)6-7-36(21)24(38)11-26(16)4-2-19(10-26)32-12-17-8-20-25(33-13-17)39-15-23(37)34-20/h3,5,8-9,13,16,19,21,32H,2,4,6-7,10-12,14-15H2,1H3,(H,34,37)/t16?,19-,21?,26-/m1/s1. The van der Waals surface area contributed by atoms with Crippen LogP contribution in [-0.2, 0) is 22.3 Å². The van der Waals surface area contributed by atoms with E-state index in [1.807, 2.05) is 15.9 Å². The van der Waals surface area contributed by atoms with E-state index in [9.17, 15) is 22.8 Å². The van der Waals surface area contributed by atoms with Crippen molar-refractivity contribution in [2.45, 2.75) is 57.4 Å². The Morgan fingerprint density at radius 1 is 1.23 bits per heavy atom. The van der Waals surface area contributed by atoms with Gasteiger partial charge in [-0.15, -0.1) is 0 Å². The normalized spacial score (nSPS) is 28.7. The van der Waals surface area contributed by atoms with Crippen LogP contribution in [0.1, 0.15) is 43.7 Å². The number of carbonyl (C=O) groups is 2. The average Bonchev–Trinajstić information content (AvgIpc) is 3.33. The van der Waals surface area contributed by atoms with Gasteiger partial charge in [0.15, 0.2) is 6.61 Å². The van der Waals surface area contributed by atoms with Crippen molar-refractivity contribution in [1.82, 2.24) is 20.2 Å². The number of amides is 2. The summed E-state index contributed by atoms with van der Waals surface area (Å²) in [5.74, 6) is 0.828.